The predicted octanol–water partition coefficient (Wildman–Crippen LogP) is -0.175. The Bertz CT molecular complexity index is 364. The Morgan fingerprint density at radius 2 is 1.65 bits per heavy atom. The number of rotatable bonds is 10. The zero-order chi connectivity index (χ0) is 17.5. The molecule has 1 aliphatic rings. The molecule has 0 spiro atoms. The predicted molar refractivity (Wildman–Crippen MR) is 84.5 cm³/mol. The Labute approximate surface area is 137 Å². The van der Waals surface area contributed by atoms with Gasteiger partial charge in [0, 0.05) is 6.42 Å². The Morgan fingerprint density at radius 1 is 1.09 bits per heavy atom. The van der Waals surface area contributed by atoms with E-state index in [9.17, 15) is 20.1 Å². The summed E-state index contributed by atoms with van der Waals surface area (Å²) in [5.41, 5.74) is 5.66. The first kappa shape index (κ1) is 20.5. The van der Waals surface area contributed by atoms with Crippen molar-refractivity contribution in [1.29, 1.82) is 0 Å². The first-order chi connectivity index (χ1) is 10.9. The van der Waals surface area contributed by atoms with Gasteiger partial charge in [-0.25, -0.2) is 0 Å². The maximum atomic E-state index is 12.2. The van der Waals surface area contributed by atoms with E-state index in [1.807, 2.05) is 0 Å². The third-order valence-electron chi connectivity index (χ3n) is 4.47. The number of carbonyl (C=O) groups is 1. The van der Waals surface area contributed by atoms with Crippen molar-refractivity contribution in [3.05, 3.63) is 0 Å². The van der Waals surface area contributed by atoms with E-state index in [1.165, 1.54) is 19.3 Å². The van der Waals surface area contributed by atoms with Crippen molar-refractivity contribution in [3.8, 4) is 0 Å². The lowest BCUT2D eigenvalue weighted by atomic mass is 9.87. The van der Waals surface area contributed by atoms with Crippen molar-refractivity contribution in [2.75, 3.05) is 6.61 Å². The number of nitrogens with two attached hydrogens (primary N) is 1. The highest BCUT2D eigenvalue weighted by Gasteiger charge is 2.55. The number of unbranched alkanes of at least 4 members (excludes halogenated alkanes) is 6. The molecule has 23 heavy (non-hydrogen) atoms. The van der Waals surface area contributed by atoms with Gasteiger partial charge in [-0.1, -0.05) is 45.4 Å². The Morgan fingerprint density at radius 3 is 2.22 bits per heavy atom. The van der Waals surface area contributed by atoms with Crippen LogP contribution in [0, 0.1) is 0 Å². The van der Waals surface area contributed by atoms with Crippen LogP contribution in [0.25, 0.3) is 0 Å². The second-order valence-electron chi connectivity index (χ2n) is 6.34. The van der Waals surface area contributed by atoms with Gasteiger partial charge in [-0.15, -0.1) is 0 Å². The minimum atomic E-state index is -2.37. The summed E-state index contributed by atoms with van der Waals surface area (Å²) in [6.45, 7) is 1.52. The number of hydrogen-bond acceptors (Lipinski definition) is 7. The fraction of sp³-hybridized carbons (Fsp3) is 0.938. The van der Waals surface area contributed by atoms with Gasteiger partial charge in [0.15, 0.2) is 5.78 Å². The van der Waals surface area contributed by atoms with Crippen LogP contribution in [0.5, 0.6) is 0 Å². The van der Waals surface area contributed by atoms with Gasteiger partial charge in [-0.05, 0) is 6.42 Å². The van der Waals surface area contributed by atoms with Crippen LogP contribution >= 0.6 is 0 Å². The molecule has 5 atom stereocenters. The summed E-state index contributed by atoms with van der Waals surface area (Å²) in [5.74, 6) is -2.99. The van der Waals surface area contributed by atoms with Crippen molar-refractivity contribution < 1.29 is 30.0 Å². The van der Waals surface area contributed by atoms with Crippen LogP contribution in [0.1, 0.15) is 58.3 Å². The maximum Gasteiger partial charge on any atom is 0.245 e. The molecule has 0 aliphatic carbocycles. The summed E-state index contributed by atoms with van der Waals surface area (Å²) >= 11 is 0. The van der Waals surface area contributed by atoms with Crippen LogP contribution in [-0.2, 0) is 9.53 Å². The van der Waals surface area contributed by atoms with E-state index in [1.54, 1.807) is 0 Å². The average molecular weight is 333 g/mol. The number of carbonyl (C=O) groups excluding carboxylic acids is 1. The monoisotopic (exact) mass is 333 g/mol. The van der Waals surface area contributed by atoms with Gasteiger partial charge in [0.05, 0.1) is 12.6 Å². The van der Waals surface area contributed by atoms with Crippen LogP contribution in [0.3, 0.4) is 0 Å². The van der Waals surface area contributed by atoms with Gasteiger partial charge < -0.3 is 30.9 Å². The van der Waals surface area contributed by atoms with Crippen LogP contribution in [0.2, 0.25) is 0 Å². The molecule has 0 aromatic rings. The molecule has 1 fully saturated rings. The Balaban J connectivity index is 2.46. The normalized spacial score (nSPS) is 34.5. The van der Waals surface area contributed by atoms with Gasteiger partial charge in [-0.3, -0.25) is 4.79 Å². The molecule has 1 aliphatic heterocycles. The second-order valence-corrected chi connectivity index (χ2v) is 6.34. The first-order valence-corrected chi connectivity index (χ1v) is 8.54. The Kier molecular flexibility index (Phi) is 8.60. The maximum absolute atomic E-state index is 12.2. The SMILES string of the molecule is CCCCCCCCCC(=O)C1(O)O[C@H](CO)[C@@H](O)[C@H](O)[C@H]1N. The van der Waals surface area contributed by atoms with Crippen molar-refractivity contribution in [2.24, 2.45) is 5.73 Å². The highest BCUT2D eigenvalue weighted by Crippen LogP contribution is 2.29. The number of aliphatic hydroxyl groups is 4. The van der Waals surface area contributed by atoms with Gasteiger partial charge in [0.2, 0.25) is 5.79 Å². The fourth-order valence-corrected chi connectivity index (χ4v) is 2.86. The molecule has 1 unspecified atom stereocenters. The molecule has 1 saturated heterocycles. The summed E-state index contributed by atoms with van der Waals surface area (Å²) < 4.78 is 5.11. The standard InChI is InChI=1S/C16H31NO6/c1-2-3-4-5-6-7-8-9-12(19)16(22)15(17)14(21)13(20)11(10-18)23-16/h11,13-15,18,20-22H,2-10,17H2,1H3/t11-,13-,14+,15-,16?/m1/s1. The average Bonchev–Trinajstić information content (AvgIpc) is 2.55. The number of aliphatic hydroxyl groups excluding tert-OH is 3. The van der Waals surface area contributed by atoms with E-state index in [2.05, 4.69) is 6.92 Å². The van der Waals surface area contributed by atoms with Crippen molar-refractivity contribution in [1.82, 2.24) is 0 Å². The second kappa shape index (κ2) is 9.66. The van der Waals surface area contributed by atoms with Crippen LogP contribution in [0.4, 0.5) is 0 Å². The topological polar surface area (TPSA) is 133 Å². The fourth-order valence-electron chi connectivity index (χ4n) is 2.86. The molecule has 0 amide bonds. The molecule has 7 nitrogen and oxygen atoms in total. The molecule has 136 valence electrons. The smallest absolute Gasteiger partial charge is 0.245 e. The molecular formula is C16H31NO6. The third kappa shape index (κ3) is 5.20. The van der Waals surface area contributed by atoms with Gasteiger partial charge >= 0.3 is 0 Å². The molecule has 6 N–H and O–H groups in total. The quantitative estimate of drug-likeness (QED) is 0.350. The van der Waals surface area contributed by atoms with E-state index in [4.69, 9.17) is 15.6 Å². The van der Waals surface area contributed by atoms with Crippen molar-refractivity contribution in [3.63, 3.8) is 0 Å². The largest absolute Gasteiger partial charge is 0.394 e. The first-order valence-electron chi connectivity index (χ1n) is 8.54. The summed E-state index contributed by atoms with van der Waals surface area (Å²) in [6.07, 6.45) is 3.06. The molecule has 0 aromatic carbocycles. The van der Waals surface area contributed by atoms with E-state index < -0.39 is 42.5 Å². The lowest BCUT2D eigenvalue weighted by Crippen LogP contribution is -2.71. The van der Waals surface area contributed by atoms with Crippen LogP contribution < -0.4 is 5.73 Å². The molecule has 0 aromatic heterocycles. The Hall–Kier alpha value is -0.570. The van der Waals surface area contributed by atoms with Crippen LogP contribution in [0.15, 0.2) is 0 Å². The summed E-state index contributed by atoms with van der Waals surface area (Å²) in [5, 5.41) is 39.1. The highest BCUT2D eigenvalue weighted by molar-refractivity contribution is 5.86. The molecule has 1 heterocycles. The minimum Gasteiger partial charge on any atom is -0.394 e. The zero-order valence-corrected chi connectivity index (χ0v) is 13.9. The van der Waals surface area contributed by atoms with Crippen LogP contribution in [-0.4, -0.2) is 63.0 Å². The lowest BCUT2D eigenvalue weighted by molar-refractivity contribution is -0.297. The lowest BCUT2D eigenvalue weighted by Gasteiger charge is -2.45. The molecule has 0 saturated carbocycles. The van der Waals surface area contributed by atoms with E-state index in [0.29, 0.717) is 6.42 Å². The number of ketones is 1. The molecular weight excluding hydrogens is 302 g/mol. The summed E-state index contributed by atoms with van der Waals surface area (Å²) in [6, 6.07) is -1.45. The zero-order valence-electron chi connectivity index (χ0n) is 13.9. The molecule has 1 rings (SSSR count). The van der Waals surface area contributed by atoms with Gasteiger partial charge in [-0.2, -0.15) is 0 Å². The van der Waals surface area contributed by atoms with Crippen molar-refractivity contribution >= 4 is 5.78 Å². The number of hydrogen-bond donors (Lipinski definition) is 5. The molecule has 0 bridgehead atoms. The van der Waals surface area contributed by atoms with Gasteiger partial charge in [0.25, 0.3) is 0 Å². The summed E-state index contributed by atoms with van der Waals surface area (Å²) in [7, 11) is 0. The summed E-state index contributed by atoms with van der Waals surface area (Å²) in [4.78, 5) is 12.2. The van der Waals surface area contributed by atoms with E-state index in [-0.39, 0.29) is 6.42 Å². The van der Waals surface area contributed by atoms with Gasteiger partial charge in [0.1, 0.15) is 18.3 Å². The van der Waals surface area contributed by atoms with E-state index in [0.717, 1.165) is 19.3 Å². The molecule has 0 radical (unpaired) electrons. The van der Waals surface area contributed by atoms with E-state index >= 15 is 0 Å². The van der Waals surface area contributed by atoms with Crippen molar-refractivity contribution in [2.45, 2.75) is 88.4 Å². The third-order valence-corrected chi connectivity index (χ3v) is 4.47. The highest BCUT2D eigenvalue weighted by atomic mass is 16.7. The molecule has 7 heteroatoms. The number of Topliss-reactive ketones (excluding diaryl/α,β-unsaturated/α-hetero) is 1. The number of ether oxygens (including phenoxy) is 1. The minimum absolute atomic E-state index is 0.0823.